The third kappa shape index (κ3) is 17.9. The van der Waals surface area contributed by atoms with Crippen LogP contribution in [0.1, 0.15) is 143 Å². The van der Waals surface area contributed by atoms with Crippen molar-refractivity contribution in [2.24, 2.45) is 0 Å². The number of thioether (sulfide) groups is 1. The van der Waals surface area contributed by atoms with Gasteiger partial charge in [0.15, 0.2) is 0 Å². The number of carboxylic acids is 1. The highest BCUT2D eigenvalue weighted by molar-refractivity contribution is 7.99. The molecule has 220 valence electrons. The molecule has 37 heavy (non-hydrogen) atoms. The van der Waals surface area contributed by atoms with Crippen LogP contribution >= 0.6 is 20.2 Å². The molecule has 0 aliphatic carbocycles. The summed E-state index contributed by atoms with van der Waals surface area (Å²) < 4.78 is 23.2. The van der Waals surface area contributed by atoms with Gasteiger partial charge in [-0.05, 0) is 31.9 Å². The van der Waals surface area contributed by atoms with Crippen molar-refractivity contribution in [1.82, 2.24) is 0 Å². The van der Waals surface area contributed by atoms with E-state index < -0.39 is 26.1 Å². The lowest BCUT2D eigenvalue weighted by Crippen LogP contribution is -2.50. The monoisotopic (exact) mass is 565 g/mol. The molecule has 0 radical (unpaired) electrons. The molecule has 0 spiro atoms. The number of carboxylic acid groups (broad SMARTS) is 1. The van der Waals surface area contributed by atoms with Crippen LogP contribution in [-0.2, 0) is 18.8 Å². The summed E-state index contributed by atoms with van der Waals surface area (Å²) in [6.45, 7) is 8.52. The van der Waals surface area contributed by atoms with E-state index in [2.05, 4.69) is 13.8 Å². The molecule has 0 aromatic rings. The highest BCUT2D eigenvalue weighted by Gasteiger charge is 2.56. The van der Waals surface area contributed by atoms with Crippen molar-refractivity contribution in [3.63, 3.8) is 0 Å². The van der Waals surface area contributed by atoms with E-state index in [4.69, 9.17) is 9.47 Å². The van der Waals surface area contributed by atoms with E-state index in [-0.39, 0.29) is 18.0 Å². The summed E-state index contributed by atoms with van der Waals surface area (Å²) in [6.07, 6.45) is 20.2. The first kappa shape index (κ1) is 36.8. The third-order valence-corrected chi connectivity index (χ3v) is 9.16. The average molecular weight is 566 g/mol. The topological polar surface area (TPSA) is 93.1 Å². The van der Waals surface area contributed by atoms with Gasteiger partial charge in [0.05, 0.1) is 6.10 Å². The van der Waals surface area contributed by atoms with Crippen molar-refractivity contribution in [2.45, 2.75) is 166 Å². The summed E-state index contributed by atoms with van der Waals surface area (Å²) in [5.74, 6) is -0.544. The molecule has 0 saturated heterocycles. The lowest BCUT2D eigenvalue weighted by molar-refractivity contribution is -0.230. The minimum Gasteiger partial charge on any atom is -0.476 e. The van der Waals surface area contributed by atoms with Gasteiger partial charge < -0.3 is 19.7 Å². The van der Waals surface area contributed by atoms with Crippen LogP contribution in [0.2, 0.25) is 0 Å². The molecule has 0 aromatic heterocycles. The maximum absolute atomic E-state index is 11.7. The summed E-state index contributed by atoms with van der Waals surface area (Å²) in [4.78, 5) is 11.7. The van der Waals surface area contributed by atoms with Gasteiger partial charge in [0.2, 0.25) is 6.29 Å². The molecule has 2 N–H and O–H groups in total. The van der Waals surface area contributed by atoms with Gasteiger partial charge in [-0.15, -0.1) is 0 Å². The van der Waals surface area contributed by atoms with Crippen LogP contribution in [0.4, 0.5) is 0 Å². The van der Waals surface area contributed by atoms with Crippen molar-refractivity contribution in [1.29, 1.82) is 0 Å². The van der Waals surface area contributed by atoms with Gasteiger partial charge >= 0.3 is 19.8 Å². The normalized spacial score (nSPS) is 15.9. The highest BCUT2D eigenvalue weighted by Crippen LogP contribution is 2.32. The molecule has 5 unspecified atom stereocenters. The van der Waals surface area contributed by atoms with Crippen LogP contribution in [0.25, 0.3) is 0 Å². The van der Waals surface area contributed by atoms with Crippen LogP contribution in [0.3, 0.4) is 0 Å². The van der Waals surface area contributed by atoms with Gasteiger partial charge in [0.25, 0.3) is 0 Å². The van der Waals surface area contributed by atoms with Crippen LogP contribution in [0.5, 0.6) is 0 Å². The molecule has 5 atom stereocenters. The van der Waals surface area contributed by atoms with E-state index in [0.29, 0.717) is 6.42 Å². The Morgan fingerprint density at radius 2 is 1.30 bits per heavy atom. The summed E-state index contributed by atoms with van der Waals surface area (Å²) >= 11 is 1.88. The fourth-order valence-corrected chi connectivity index (χ4v) is 6.04. The van der Waals surface area contributed by atoms with Crippen LogP contribution in [0, 0.1) is 0 Å². The number of aliphatic carboxylic acids is 1. The molecule has 0 bridgehead atoms. The van der Waals surface area contributed by atoms with Gasteiger partial charge in [-0.25, -0.2) is 4.79 Å². The predicted molar refractivity (Wildman–Crippen MR) is 158 cm³/mol. The van der Waals surface area contributed by atoms with Crippen LogP contribution < -0.4 is 0 Å². The van der Waals surface area contributed by atoms with E-state index in [1.807, 2.05) is 25.6 Å². The molecule has 0 rings (SSSR count). The number of hydrogen-bond acceptors (Lipinski definition) is 6. The van der Waals surface area contributed by atoms with Crippen molar-refractivity contribution in [2.75, 3.05) is 12.4 Å². The Balaban J connectivity index is 4.83. The lowest BCUT2D eigenvalue weighted by atomic mass is 10.1. The van der Waals surface area contributed by atoms with Gasteiger partial charge in [-0.2, -0.15) is 11.8 Å². The first-order chi connectivity index (χ1) is 17.9. The zero-order valence-electron chi connectivity index (χ0n) is 24.3. The van der Waals surface area contributed by atoms with Crippen LogP contribution in [0.15, 0.2) is 0 Å². The van der Waals surface area contributed by atoms with Crippen molar-refractivity contribution in [3.05, 3.63) is 0 Å². The Morgan fingerprint density at radius 1 is 0.811 bits per heavy atom. The first-order valence-electron chi connectivity index (χ1n) is 15.1. The Hall–Kier alpha value is -0.200. The fourth-order valence-electron chi connectivity index (χ4n) is 4.36. The zero-order valence-corrected chi connectivity index (χ0v) is 26.1. The minimum atomic E-state index is -2.56. The summed E-state index contributed by atoms with van der Waals surface area (Å²) in [7, 11) is -1.48. The Morgan fingerprint density at radius 3 is 1.76 bits per heavy atom. The number of ether oxygens (including phenoxy) is 2. The van der Waals surface area contributed by atoms with Gasteiger partial charge in [-0.3, -0.25) is 0 Å². The molecule has 0 heterocycles. The largest absolute Gasteiger partial charge is 0.476 e. The Bertz CT molecular complexity index is 552. The number of carbonyl (C=O) groups is 1. The quantitative estimate of drug-likeness (QED) is 0.0556. The second kappa shape index (κ2) is 24.8. The second-order valence-corrected chi connectivity index (χ2v) is 12.7. The summed E-state index contributed by atoms with van der Waals surface area (Å²) in [6, 6.07) is 0. The molecule has 0 fully saturated rings. The van der Waals surface area contributed by atoms with E-state index in [1.165, 1.54) is 89.9 Å². The first-order valence-corrected chi connectivity index (χ1v) is 17.1. The Labute approximate surface area is 233 Å². The zero-order chi connectivity index (χ0) is 27.8. The smallest absolute Gasteiger partial charge is 0.407 e. The third-order valence-electron chi connectivity index (χ3n) is 6.83. The molecular weight excluding hydrogens is 507 g/mol. The number of rotatable bonds is 28. The van der Waals surface area contributed by atoms with Gasteiger partial charge in [0.1, 0.15) is 0 Å². The van der Waals surface area contributed by atoms with E-state index in [1.54, 1.807) is 0 Å². The lowest BCUT2D eigenvalue weighted by Gasteiger charge is -2.30. The summed E-state index contributed by atoms with van der Waals surface area (Å²) in [5.41, 5.74) is 0. The minimum absolute atomic E-state index is 0.172. The van der Waals surface area contributed by atoms with Gasteiger partial charge in [-0.1, -0.05) is 122 Å². The molecule has 0 saturated carbocycles. The van der Waals surface area contributed by atoms with E-state index in [0.717, 1.165) is 25.0 Å². The Kier molecular flexibility index (Phi) is 24.7. The SMILES string of the molecule is CCCCCCCCCCCSC(CCCCCCCCC)C(C)OC(OCCC)C(O)([PH+]=O)C(=O)O. The fraction of sp³-hybridized carbons (Fsp3) is 0.966. The van der Waals surface area contributed by atoms with E-state index in [9.17, 15) is 19.6 Å². The predicted octanol–water partition coefficient (Wildman–Crippen LogP) is 8.71. The maximum atomic E-state index is 11.7. The molecule has 0 aliphatic rings. The number of unbranched alkanes of at least 4 members (excludes halogenated alkanes) is 14. The van der Waals surface area contributed by atoms with Crippen molar-refractivity contribution < 1.29 is 29.0 Å². The molecule has 0 aromatic carbocycles. The second-order valence-electron chi connectivity index (χ2n) is 10.4. The maximum Gasteiger partial charge on any atom is 0.407 e. The average Bonchev–Trinajstić information content (AvgIpc) is 2.89. The number of aliphatic hydroxyl groups is 1. The molecule has 0 aliphatic heterocycles. The molecular formula is C29H58O6PS+. The molecule has 6 nitrogen and oxygen atoms in total. The highest BCUT2D eigenvalue weighted by atomic mass is 32.2. The van der Waals surface area contributed by atoms with Crippen molar-refractivity contribution >= 4 is 26.2 Å². The van der Waals surface area contributed by atoms with E-state index >= 15 is 0 Å². The standard InChI is InChI=1S/C29H57O6PS/c1-5-8-10-12-14-15-17-19-21-24-37-26(22-20-18-16-13-11-9-6-2)25(4)35-28(34-23-7-3)29(32,36-33)27(30)31/h25-26,28,32H,5-24H2,1-4H3,(H,30,31)/p+1. The van der Waals surface area contributed by atoms with Gasteiger partial charge in [0, 0.05) is 11.9 Å². The summed E-state index contributed by atoms with van der Waals surface area (Å²) in [5, 5.41) is 17.7. The number of hydrogen-bond donors (Lipinski definition) is 2. The molecule has 8 heteroatoms. The van der Waals surface area contributed by atoms with Crippen LogP contribution in [-0.4, -0.2) is 51.5 Å². The molecule has 0 amide bonds. The van der Waals surface area contributed by atoms with Crippen molar-refractivity contribution in [3.8, 4) is 0 Å².